The lowest BCUT2D eigenvalue weighted by molar-refractivity contribution is -0.123. The Morgan fingerprint density at radius 3 is 2.57 bits per heavy atom. The highest BCUT2D eigenvalue weighted by Gasteiger charge is 2.30. The Labute approximate surface area is 191 Å². The molecule has 0 aromatic heterocycles. The molecule has 1 aromatic rings. The number of ether oxygens (including phenoxy) is 1. The van der Waals surface area contributed by atoms with Crippen molar-refractivity contribution in [3.8, 4) is 0 Å². The van der Waals surface area contributed by atoms with E-state index in [-0.39, 0.29) is 21.0 Å². The van der Waals surface area contributed by atoms with Crippen molar-refractivity contribution in [1.82, 2.24) is 14.9 Å². The molecule has 1 fully saturated rings. The summed E-state index contributed by atoms with van der Waals surface area (Å²) in [6, 6.07) is 3.01. The highest BCUT2D eigenvalue weighted by atomic mass is 35.5. The lowest BCUT2D eigenvalue weighted by atomic mass is 10.0. The number of thioether (sulfide) groups is 1. The van der Waals surface area contributed by atoms with E-state index < -0.39 is 28.1 Å². The maximum atomic E-state index is 12.8. The van der Waals surface area contributed by atoms with Crippen LogP contribution in [0.25, 0.3) is 0 Å². The Bertz CT molecular complexity index is 861. The van der Waals surface area contributed by atoms with Crippen LogP contribution in [0.15, 0.2) is 23.1 Å². The molecular formula is C18H25Cl2N3O5S2. The molecule has 2 N–H and O–H groups in total. The van der Waals surface area contributed by atoms with Gasteiger partial charge in [0.2, 0.25) is 15.9 Å². The van der Waals surface area contributed by atoms with Crippen molar-refractivity contribution < 1.29 is 22.7 Å². The zero-order valence-electron chi connectivity index (χ0n) is 16.7. The van der Waals surface area contributed by atoms with E-state index in [0.29, 0.717) is 38.1 Å². The van der Waals surface area contributed by atoms with Gasteiger partial charge < -0.3 is 15.0 Å². The van der Waals surface area contributed by atoms with Crippen LogP contribution in [0.4, 0.5) is 4.79 Å². The first-order chi connectivity index (χ1) is 14.2. The predicted octanol–water partition coefficient (Wildman–Crippen LogP) is 2.74. The molecule has 8 nitrogen and oxygen atoms in total. The van der Waals surface area contributed by atoms with Gasteiger partial charge in [0.25, 0.3) is 0 Å². The van der Waals surface area contributed by atoms with Gasteiger partial charge >= 0.3 is 6.09 Å². The molecule has 168 valence electrons. The number of halogens is 2. The quantitative estimate of drug-likeness (QED) is 0.571. The number of hydrogen-bond acceptors (Lipinski definition) is 6. The molecule has 1 unspecified atom stereocenters. The molecule has 1 saturated heterocycles. The highest BCUT2D eigenvalue weighted by molar-refractivity contribution is 7.98. The maximum Gasteiger partial charge on any atom is 0.409 e. The third-order valence-corrected chi connectivity index (χ3v) is 7.51. The van der Waals surface area contributed by atoms with E-state index in [4.69, 9.17) is 27.9 Å². The average Bonchev–Trinajstić information content (AvgIpc) is 2.72. The summed E-state index contributed by atoms with van der Waals surface area (Å²) in [7, 11) is -2.73. The monoisotopic (exact) mass is 497 g/mol. The van der Waals surface area contributed by atoms with Crippen molar-refractivity contribution in [3.63, 3.8) is 0 Å². The lowest BCUT2D eigenvalue weighted by Gasteiger charge is -2.32. The second-order valence-electron chi connectivity index (χ2n) is 6.77. The fraction of sp³-hybridized carbons (Fsp3) is 0.556. The summed E-state index contributed by atoms with van der Waals surface area (Å²) in [5.74, 6) is 0.173. The van der Waals surface area contributed by atoms with E-state index in [1.54, 1.807) is 4.90 Å². The molecule has 0 radical (unpaired) electrons. The standard InChI is InChI=1S/C18H25Cl2N3O5S2/c1-28-18(25)23-8-5-13(6-9-23)21-17(24)15(7-10-29-2)22-30(26,27)16-11-12(19)3-4-14(16)20/h3-4,11,13,15,22H,5-10H2,1-2H3,(H,21,24). The fourth-order valence-corrected chi connectivity index (χ4v) is 5.51. The van der Waals surface area contributed by atoms with Crippen LogP contribution in [0.1, 0.15) is 19.3 Å². The molecule has 1 aliphatic rings. The smallest absolute Gasteiger partial charge is 0.409 e. The Kier molecular flexibility index (Phi) is 9.55. The van der Waals surface area contributed by atoms with Crippen molar-refractivity contribution >= 4 is 57.0 Å². The molecule has 0 spiro atoms. The fourth-order valence-electron chi connectivity index (χ4n) is 3.05. The Morgan fingerprint density at radius 2 is 1.97 bits per heavy atom. The van der Waals surface area contributed by atoms with Crippen LogP contribution in [0, 0.1) is 0 Å². The van der Waals surface area contributed by atoms with Crippen molar-refractivity contribution in [2.24, 2.45) is 0 Å². The normalized spacial score (nSPS) is 16.2. The van der Waals surface area contributed by atoms with Crippen LogP contribution < -0.4 is 10.0 Å². The summed E-state index contributed by atoms with van der Waals surface area (Å²) in [4.78, 5) is 25.8. The van der Waals surface area contributed by atoms with Gasteiger partial charge in [0.05, 0.1) is 12.1 Å². The minimum absolute atomic E-state index is 0.0195. The number of nitrogens with zero attached hydrogens (tertiary/aromatic N) is 1. The molecule has 2 amide bonds. The Morgan fingerprint density at radius 1 is 1.30 bits per heavy atom. The number of methoxy groups -OCH3 is 1. The summed E-state index contributed by atoms with van der Waals surface area (Å²) in [5, 5.41) is 3.14. The number of amides is 2. The first-order valence-corrected chi connectivity index (χ1v) is 12.9. The first kappa shape index (κ1) is 25.1. The van der Waals surface area contributed by atoms with Crippen LogP contribution in [0.2, 0.25) is 10.0 Å². The number of nitrogens with one attached hydrogen (secondary N) is 2. The Hall–Kier alpha value is -1.20. The number of rotatable bonds is 8. The third kappa shape index (κ3) is 6.91. The van der Waals surface area contributed by atoms with Gasteiger partial charge in [-0.1, -0.05) is 23.2 Å². The van der Waals surface area contributed by atoms with E-state index in [1.807, 2.05) is 6.26 Å². The van der Waals surface area contributed by atoms with Gasteiger partial charge in [0, 0.05) is 24.2 Å². The zero-order chi connectivity index (χ0) is 22.3. The summed E-state index contributed by atoms with van der Waals surface area (Å²) >= 11 is 13.4. The second kappa shape index (κ2) is 11.4. The van der Waals surface area contributed by atoms with Crippen molar-refractivity contribution in [2.75, 3.05) is 32.2 Å². The number of sulfonamides is 1. The molecule has 2 rings (SSSR count). The van der Waals surface area contributed by atoms with Crippen molar-refractivity contribution in [2.45, 2.75) is 36.2 Å². The second-order valence-corrected chi connectivity index (χ2v) is 10.3. The van der Waals surface area contributed by atoms with Gasteiger partial charge in [-0.25, -0.2) is 13.2 Å². The van der Waals surface area contributed by atoms with Crippen LogP contribution in [-0.4, -0.2) is 69.6 Å². The molecule has 0 aliphatic carbocycles. The maximum absolute atomic E-state index is 12.8. The van der Waals surface area contributed by atoms with E-state index in [2.05, 4.69) is 10.0 Å². The van der Waals surface area contributed by atoms with Gasteiger partial charge in [0.1, 0.15) is 10.9 Å². The predicted molar refractivity (Wildman–Crippen MR) is 119 cm³/mol. The van der Waals surface area contributed by atoms with Gasteiger partial charge in [-0.05, 0) is 49.5 Å². The third-order valence-electron chi connectivity index (χ3n) is 4.68. The van der Waals surface area contributed by atoms with E-state index in [0.717, 1.165) is 0 Å². The number of likely N-dealkylation sites (tertiary alicyclic amines) is 1. The topological polar surface area (TPSA) is 105 Å². The van der Waals surface area contributed by atoms with Crippen molar-refractivity contribution in [3.05, 3.63) is 28.2 Å². The zero-order valence-corrected chi connectivity index (χ0v) is 19.8. The average molecular weight is 498 g/mol. The molecule has 1 atom stereocenters. The summed E-state index contributed by atoms with van der Waals surface area (Å²) < 4.78 is 32.8. The van der Waals surface area contributed by atoms with Crippen LogP contribution >= 0.6 is 35.0 Å². The SMILES string of the molecule is COC(=O)N1CCC(NC(=O)C(CCSC)NS(=O)(=O)c2cc(Cl)ccc2Cl)CC1. The molecule has 1 aliphatic heterocycles. The van der Waals surface area contributed by atoms with Gasteiger partial charge in [-0.3, -0.25) is 4.79 Å². The number of carbonyl (C=O) groups excluding carboxylic acids is 2. The van der Waals surface area contributed by atoms with Gasteiger partial charge in [-0.2, -0.15) is 16.5 Å². The first-order valence-electron chi connectivity index (χ1n) is 9.27. The summed E-state index contributed by atoms with van der Waals surface area (Å²) in [6.07, 6.45) is 2.90. The number of hydrogen-bond donors (Lipinski definition) is 2. The van der Waals surface area contributed by atoms with Crippen LogP contribution in [0.3, 0.4) is 0 Å². The number of carbonyl (C=O) groups is 2. The Balaban J connectivity index is 2.07. The molecule has 30 heavy (non-hydrogen) atoms. The molecule has 0 saturated carbocycles. The minimum atomic E-state index is -4.06. The van der Waals surface area contributed by atoms with Crippen molar-refractivity contribution in [1.29, 1.82) is 0 Å². The molecule has 1 heterocycles. The molecule has 1 aromatic carbocycles. The van der Waals surface area contributed by atoms with Crippen LogP contribution in [0.5, 0.6) is 0 Å². The van der Waals surface area contributed by atoms with Gasteiger partial charge in [-0.15, -0.1) is 0 Å². The van der Waals surface area contributed by atoms with Gasteiger partial charge in [0.15, 0.2) is 0 Å². The largest absolute Gasteiger partial charge is 0.453 e. The number of benzene rings is 1. The molecule has 0 bridgehead atoms. The van der Waals surface area contributed by atoms with E-state index >= 15 is 0 Å². The van der Waals surface area contributed by atoms with E-state index in [9.17, 15) is 18.0 Å². The number of piperidine rings is 1. The van der Waals surface area contributed by atoms with E-state index in [1.165, 1.54) is 37.1 Å². The summed E-state index contributed by atoms with van der Waals surface area (Å²) in [5.41, 5.74) is 0. The highest BCUT2D eigenvalue weighted by Crippen LogP contribution is 2.25. The minimum Gasteiger partial charge on any atom is -0.453 e. The summed E-state index contributed by atoms with van der Waals surface area (Å²) in [6.45, 7) is 0.911. The molecular weight excluding hydrogens is 473 g/mol. The molecule has 12 heteroatoms. The van der Waals surface area contributed by atoms with Crippen LogP contribution in [-0.2, 0) is 19.6 Å². The lowest BCUT2D eigenvalue weighted by Crippen LogP contribution is -2.52.